The van der Waals surface area contributed by atoms with Gasteiger partial charge < -0.3 is 26.2 Å². The van der Waals surface area contributed by atoms with E-state index in [4.69, 9.17) is 15.9 Å². The van der Waals surface area contributed by atoms with Gasteiger partial charge in [0.2, 0.25) is 0 Å². The van der Waals surface area contributed by atoms with E-state index in [9.17, 15) is 45.7 Å². The van der Waals surface area contributed by atoms with Crippen LogP contribution in [0, 0.1) is 0 Å². The molecule has 0 aliphatic rings. The summed E-state index contributed by atoms with van der Waals surface area (Å²) in [6.45, 7) is 0. The molecule has 0 atom stereocenters. The molecule has 0 fully saturated rings. The Kier molecular flexibility index (Phi) is 6.13. The summed E-state index contributed by atoms with van der Waals surface area (Å²) in [6, 6.07) is 3.76. The van der Waals surface area contributed by atoms with Crippen molar-refractivity contribution in [3.8, 4) is 11.5 Å². The Hall–Kier alpha value is -4.32. The number of anilines is 1. The van der Waals surface area contributed by atoms with Crippen LogP contribution >= 0.6 is 0 Å². The molecule has 17 heteroatoms. The molecule has 3 aromatic rings. The van der Waals surface area contributed by atoms with E-state index in [1.807, 2.05) is 0 Å². The number of carboxylic acid groups (broad SMARTS) is 2. The van der Waals surface area contributed by atoms with Gasteiger partial charge in [0, 0.05) is 0 Å². The molecule has 0 saturated heterocycles. The van der Waals surface area contributed by atoms with Crippen molar-refractivity contribution in [1.29, 1.82) is 0 Å². The molecule has 3 aromatic carbocycles. The molecule has 0 aliphatic heterocycles. The minimum absolute atomic E-state index is 0.409. The van der Waals surface area contributed by atoms with Crippen LogP contribution in [-0.2, 0) is 20.2 Å². The van der Waals surface area contributed by atoms with Crippen molar-refractivity contribution in [3.05, 3.63) is 41.5 Å². The van der Waals surface area contributed by atoms with E-state index in [0.29, 0.717) is 12.1 Å². The smallest absolute Gasteiger partial charge is 0.335 e. The number of nitrogens with two attached hydrogens (primary N) is 1. The quantitative estimate of drug-likeness (QED) is 0.105. The number of fused-ring (bicyclic) bond motifs is 1. The Labute approximate surface area is 194 Å². The molecule has 8 N–H and O–H groups in total. The molecule has 0 aromatic heterocycles. The predicted molar refractivity (Wildman–Crippen MR) is 116 cm³/mol. The van der Waals surface area contributed by atoms with E-state index in [-0.39, 0.29) is 0 Å². The Balaban J connectivity index is 2.37. The van der Waals surface area contributed by atoms with E-state index in [1.165, 1.54) is 0 Å². The van der Waals surface area contributed by atoms with Crippen LogP contribution in [0.2, 0.25) is 0 Å². The average molecular weight is 527 g/mol. The van der Waals surface area contributed by atoms with Crippen LogP contribution < -0.4 is 5.73 Å². The van der Waals surface area contributed by atoms with Gasteiger partial charge in [0.15, 0.2) is 11.5 Å². The maximum Gasteiger partial charge on any atom is 0.335 e. The van der Waals surface area contributed by atoms with Gasteiger partial charge in [-0.15, -0.1) is 5.11 Å². The van der Waals surface area contributed by atoms with Gasteiger partial charge in [-0.2, -0.15) is 21.9 Å². The highest BCUT2D eigenvalue weighted by Gasteiger charge is 2.27. The molecule has 0 heterocycles. The SMILES string of the molecule is Nc1c(S(=O)(=O)O)cc2cc(S(=O)(=O)O)c(N=Nc3cc(C(=O)O)cc(C(=O)O)c3)c(O)c2c1O. The summed E-state index contributed by atoms with van der Waals surface area (Å²) < 4.78 is 65.7. The fraction of sp³-hybridized carbons (Fsp3) is 0. The fourth-order valence-corrected chi connectivity index (χ4v) is 4.33. The first-order valence-electron chi connectivity index (χ1n) is 8.82. The van der Waals surface area contributed by atoms with Crippen molar-refractivity contribution in [2.75, 3.05) is 5.73 Å². The molecule has 0 aliphatic carbocycles. The predicted octanol–water partition coefficient (Wildman–Crippen LogP) is 2.14. The van der Waals surface area contributed by atoms with Crippen LogP contribution in [-0.4, -0.2) is 58.3 Å². The summed E-state index contributed by atoms with van der Waals surface area (Å²) in [4.78, 5) is 20.3. The van der Waals surface area contributed by atoms with E-state index < -0.39 is 92.4 Å². The average Bonchev–Trinajstić information content (AvgIpc) is 2.73. The van der Waals surface area contributed by atoms with Gasteiger partial charge in [-0.3, -0.25) is 9.11 Å². The summed E-state index contributed by atoms with van der Waals surface area (Å²) in [5, 5.41) is 45.0. The highest BCUT2D eigenvalue weighted by atomic mass is 32.2. The maximum absolute atomic E-state index is 11.9. The third-order valence-corrected chi connectivity index (χ3v) is 6.31. The molecule has 184 valence electrons. The number of aromatic carboxylic acids is 2. The van der Waals surface area contributed by atoms with Gasteiger partial charge >= 0.3 is 11.9 Å². The highest BCUT2D eigenvalue weighted by Crippen LogP contribution is 2.48. The molecule has 0 amide bonds. The number of phenols is 2. The van der Waals surface area contributed by atoms with Gasteiger partial charge in [0.25, 0.3) is 20.2 Å². The van der Waals surface area contributed by atoms with E-state index in [1.54, 1.807) is 0 Å². The molecule has 0 spiro atoms. The van der Waals surface area contributed by atoms with Gasteiger partial charge in [0.05, 0.1) is 27.9 Å². The van der Waals surface area contributed by atoms with Crippen LogP contribution in [0.3, 0.4) is 0 Å². The third-order valence-electron chi connectivity index (χ3n) is 4.55. The first-order chi connectivity index (χ1) is 16.0. The zero-order valence-electron chi connectivity index (χ0n) is 16.8. The molecule has 35 heavy (non-hydrogen) atoms. The van der Waals surface area contributed by atoms with Gasteiger partial charge in [-0.1, -0.05) is 0 Å². The third kappa shape index (κ3) is 4.82. The van der Waals surface area contributed by atoms with E-state index in [0.717, 1.165) is 18.2 Å². The Bertz CT molecular complexity index is 1650. The van der Waals surface area contributed by atoms with Gasteiger partial charge in [0.1, 0.15) is 15.5 Å². The largest absolute Gasteiger partial charge is 0.505 e. The first-order valence-corrected chi connectivity index (χ1v) is 11.7. The molecule has 0 bridgehead atoms. The standard InChI is InChI=1S/C18H13N3O12S2/c19-13-10(34(28,29)30)4-6-5-11(35(31,32)33)14(16(23)12(6)15(13)22)21-20-9-2-7(17(24)25)1-8(3-9)18(26)27/h1-5,22-23H,19H2,(H,24,25)(H,26,27)(H,28,29,30)(H,31,32,33). The number of nitrogen functional groups attached to an aromatic ring is 1. The van der Waals surface area contributed by atoms with Crippen molar-refractivity contribution in [1.82, 2.24) is 0 Å². The van der Waals surface area contributed by atoms with Crippen LogP contribution in [0.15, 0.2) is 50.4 Å². The molecular formula is C18H13N3O12S2. The number of carbonyl (C=O) groups is 2. The second-order valence-electron chi connectivity index (χ2n) is 6.84. The Morgan fingerprint density at radius 3 is 1.69 bits per heavy atom. The molecule has 0 unspecified atom stereocenters. The number of carboxylic acids is 2. The van der Waals surface area contributed by atoms with Crippen molar-refractivity contribution in [3.63, 3.8) is 0 Å². The number of aromatic hydroxyl groups is 2. The molecule has 15 nitrogen and oxygen atoms in total. The van der Waals surface area contributed by atoms with Crippen LogP contribution in [0.4, 0.5) is 17.1 Å². The lowest BCUT2D eigenvalue weighted by atomic mass is 10.1. The lowest BCUT2D eigenvalue weighted by Gasteiger charge is -2.13. The molecular weight excluding hydrogens is 514 g/mol. The minimum atomic E-state index is -5.19. The van der Waals surface area contributed by atoms with Crippen molar-refractivity contribution in [2.45, 2.75) is 9.79 Å². The van der Waals surface area contributed by atoms with Crippen molar-refractivity contribution >= 4 is 60.0 Å². The second kappa shape index (κ2) is 8.47. The van der Waals surface area contributed by atoms with Crippen LogP contribution in [0.1, 0.15) is 20.7 Å². The lowest BCUT2D eigenvalue weighted by molar-refractivity contribution is 0.0696. The maximum atomic E-state index is 11.9. The number of phenolic OH excluding ortho intramolecular Hbond substituents is 2. The van der Waals surface area contributed by atoms with Crippen molar-refractivity contribution in [2.24, 2.45) is 10.2 Å². The fourth-order valence-electron chi connectivity index (χ4n) is 3.02. The molecule has 0 radical (unpaired) electrons. The number of benzene rings is 3. The van der Waals surface area contributed by atoms with Gasteiger partial charge in [-0.25, -0.2) is 9.59 Å². The topological polar surface area (TPSA) is 275 Å². The molecule has 3 rings (SSSR count). The lowest BCUT2D eigenvalue weighted by Crippen LogP contribution is -2.04. The van der Waals surface area contributed by atoms with E-state index in [2.05, 4.69) is 10.2 Å². The summed E-state index contributed by atoms with van der Waals surface area (Å²) in [5.74, 6) is -5.29. The zero-order chi connectivity index (χ0) is 26.5. The Morgan fingerprint density at radius 2 is 1.23 bits per heavy atom. The first kappa shape index (κ1) is 25.3. The number of nitrogens with zero attached hydrogens (tertiary/aromatic N) is 2. The second-order valence-corrected chi connectivity index (χ2v) is 9.62. The highest BCUT2D eigenvalue weighted by molar-refractivity contribution is 7.86. The van der Waals surface area contributed by atoms with Crippen LogP contribution in [0.5, 0.6) is 11.5 Å². The zero-order valence-corrected chi connectivity index (χ0v) is 18.4. The summed E-state index contributed by atoms with van der Waals surface area (Å²) in [6.07, 6.45) is 0. The van der Waals surface area contributed by atoms with E-state index >= 15 is 0 Å². The number of rotatable bonds is 6. The molecule has 0 saturated carbocycles. The van der Waals surface area contributed by atoms with Gasteiger partial charge in [-0.05, 0) is 35.7 Å². The monoisotopic (exact) mass is 527 g/mol. The summed E-state index contributed by atoms with van der Waals surface area (Å²) in [7, 11) is -10.2. The number of hydrogen-bond acceptors (Lipinski definition) is 11. The normalized spacial score (nSPS) is 12.3. The Morgan fingerprint density at radius 1 is 0.743 bits per heavy atom. The number of azo groups is 1. The summed E-state index contributed by atoms with van der Waals surface area (Å²) >= 11 is 0. The van der Waals surface area contributed by atoms with Crippen molar-refractivity contribution < 1.29 is 56.0 Å². The minimum Gasteiger partial charge on any atom is -0.505 e. The summed E-state index contributed by atoms with van der Waals surface area (Å²) in [5.41, 5.74) is 2.16. The van der Waals surface area contributed by atoms with Crippen LogP contribution in [0.25, 0.3) is 10.8 Å². The number of hydrogen-bond donors (Lipinski definition) is 7.